The Kier molecular flexibility index (Phi) is 11.6. The molecule has 2 aromatic carbocycles. The zero-order valence-corrected chi connectivity index (χ0v) is 23.4. The molecule has 2 heteroatoms. The molecule has 0 bridgehead atoms. The molecule has 0 aromatic heterocycles. The summed E-state index contributed by atoms with van der Waals surface area (Å²) in [6, 6.07) is 13.9. The van der Waals surface area contributed by atoms with Gasteiger partial charge < -0.3 is 4.67 Å². The molecule has 0 aliphatic carbocycles. The molecular formula is C31H48NP. The van der Waals surface area contributed by atoms with Gasteiger partial charge in [0.1, 0.15) is 0 Å². The van der Waals surface area contributed by atoms with Crippen molar-refractivity contribution in [2.45, 2.75) is 87.0 Å². The van der Waals surface area contributed by atoms with Crippen molar-refractivity contribution in [3.05, 3.63) is 64.7 Å². The van der Waals surface area contributed by atoms with Crippen LogP contribution >= 0.6 is 7.70 Å². The predicted octanol–water partition coefficient (Wildman–Crippen LogP) is 8.97. The molecule has 1 unspecified atom stereocenters. The predicted molar refractivity (Wildman–Crippen MR) is 156 cm³/mol. The summed E-state index contributed by atoms with van der Waals surface area (Å²) in [7, 11) is -1.13. The van der Waals surface area contributed by atoms with E-state index in [-0.39, 0.29) is 0 Å². The van der Waals surface area contributed by atoms with Crippen LogP contribution in [0.25, 0.3) is 6.08 Å². The lowest BCUT2D eigenvalue weighted by atomic mass is 9.93. The highest BCUT2D eigenvalue weighted by Crippen LogP contribution is 2.35. The number of hydrogen-bond acceptors (Lipinski definition) is 1. The molecular weight excluding hydrogens is 417 g/mol. The number of hydrogen-bond donors (Lipinski definition) is 0. The lowest BCUT2D eigenvalue weighted by molar-refractivity contribution is 0.414. The smallest absolute Gasteiger partial charge is 0.0403 e. The van der Waals surface area contributed by atoms with E-state index >= 15 is 0 Å². The largest absolute Gasteiger partial charge is 0.351 e. The van der Waals surface area contributed by atoms with E-state index < -0.39 is 7.70 Å². The minimum atomic E-state index is -1.13. The van der Waals surface area contributed by atoms with Gasteiger partial charge in [0.25, 0.3) is 0 Å². The zero-order valence-electron chi connectivity index (χ0n) is 22.4. The van der Waals surface area contributed by atoms with E-state index in [2.05, 4.69) is 102 Å². The van der Waals surface area contributed by atoms with Crippen molar-refractivity contribution in [2.24, 2.45) is 11.8 Å². The molecule has 0 fully saturated rings. The molecule has 0 aliphatic heterocycles. The van der Waals surface area contributed by atoms with E-state index in [1.54, 1.807) is 0 Å². The SMILES string of the molecule is C=[PH](c1ccc(C)c(/C=C\CCC(CCC)CCC)c1)N(CC(C)C)c1cc(C)cc(C)c1. The van der Waals surface area contributed by atoms with Gasteiger partial charge in [-0.05, 0) is 98.9 Å². The fraction of sp³-hybridized carbons (Fsp3) is 0.516. The second-order valence-electron chi connectivity index (χ2n) is 10.3. The molecule has 1 atom stereocenters. The van der Waals surface area contributed by atoms with Gasteiger partial charge in [0.2, 0.25) is 0 Å². The maximum Gasteiger partial charge on any atom is 0.0403 e. The van der Waals surface area contributed by atoms with Crippen molar-refractivity contribution in [1.29, 1.82) is 0 Å². The first kappa shape index (κ1) is 27.5. The number of benzene rings is 2. The fourth-order valence-corrected chi connectivity index (χ4v) is 6.73. The summed E-state index contributed by atoms with van der Waals surface area (Å²) >= 11 is 0. The third-order valence-electron chi connectivity index (χ3n) is 6.44. The van der Waals surface area contributed by atoms with Gasteiger partial charge in [-0.2, -0.15) is 0 Å². The average Bonchev–Trinajstić information content (AvgIpc) is 2.75. The van der Waals surface area contributed by atoms with Gasteiger partial charge in [-0.3, -0.25) is 0 Å². The van der Waals surface area contributed by atoms with Crippen LogP contribution in [-0.4, -0.2) is 12.8 Å². The average molecular weight is 466 g/mol. The first-order valence-corrected chi connectivity index (χ1v) is 14.7. The van der Waals surface area contributed by atoms with Crippen molar-refractivity contribution in [1.82, 2.24) is 0 Å². The molecule has 0 saturated carbocycles. The van der Waals surface area contributed by atoms with E-state index in [0.717, 1.165) is 12.5 Å². The van der Waals surface area contributed by atoms with Crippen LogP contribution in [0, 0.1) is 32.6 Å². The third-order valence-corrected chi connectivity index (χ3v) is 8.51. The molecule has 2 rings (SSSR count). The van der Waals surface area contributed by atoms with E-state index in [1.165, 1.54) is 71.8 Å². The number of anilines is 1. The van der Waals surface area contributed by atoms with Crippen molar-refractivity contribution in [3.63, 3.8) is 0 Å². The summed E-state index contributed by atoms with van der Waals surface area (Å²) < 4.78 is 2.58. The van der Waals surface area contributed by atoms with Gasteiger partial charge in [-0.25, -0.2) is 0 Å². The zero-order chi connectivity index (χ0) is 24.4. The Hall–Kier alpha value is -1.72. The summed E-state index contributed by atoms with van der Waals surface area (Å²) in [6.45, 7) is 16.9. The summed E-state index contributed by atoms with van der Waals surface area (Å²) in [5.41, 5.74) is 6.67. The van der Waals surface area contributed by atoms with E-state index in [1.807, 2.05) is 0 Å². The fourth-order valence-electron chi connectivity index (χ4n) is 4.79. The second kappa shape index (κ2) is 13.9. The van der Waals surface area contributed by atoms with Crippen LogP contribution in [-0.2, 0) is 0 Å². The van der Waals surface area contributed by atoms with E-state index in [4.69, 9.17) is 6.30 Å². The van der Waals surface area contributed by atoms with Gasteiger partial charge >= 0.3 is 0 Å². The molecule has 0 amide bonds. The third kappa shape index (κ3) is 8.86. The van der Waals surface area contributed by atoms with Crippen LogP contribution in [0.5, 0.6) is 0 Å². The Balaban J connectivity index is 2.23. The van der Waals surface area contributed by atoms with Crippen molar-refractivity contribution >= 4 is 31.1 Å². The van der Waals surface area contributed by atoms with Crippen molar-refractivity contribution in [2.75, 3.05) is 11.2 Å². The van der Waals surface area contributed by atoms with Gasteiger partial charge in [-0.15, -0.1) is 0 Å². The van der Waals surface area contributed by atoms with E-state index in [9.17, 15) is 0 Å². The highest BCUT2D eigenvalue weighted by molar-refractivity contribution is 7.65. The molecule has 33 heavy (non-hydrogen) atoms. The molecule has 0 radical (unpaired) electrons. The lowest BCUT2D eigenvalue weighted by Gasteiger charge is -2.31. The first-order chi connectivity index (χ1) is 15.7. The molecule has 1 nitrogen and oxygen atoms in total. The lowest BCUT2D eigenvalue weighted by Crippen LogP contribution is -2.24. The minimum Gasteiger partial charge on any atom is -0.351 e. The summed E-state index contributed by atoms with van der Waals surface area (Å²) in [4.78, 5) is 0. The number of allylic oxidation sites excluding steroid dienone is 1. The molecule has 0 heterocycles. The van der Waals surface area contributed by atoms with E-state index in [0.29, 0.717) is 5.92 Å². The molecule has 2 aromatic rings. The molecule has 0 spiro atoms. The van der Waals surface area contributed by atoms with Crippen molar-refractivity contribution < 1.29 is 0 Å². The molecule has 0 N–H and O–H groups in total. The van der Waals surface area contributed by atoms with Gasteiger partial charge in [0.15, 0.2) is 0 Å². The van der Waals surface area contributed by atoms with Crippen LogP contribution < -0.4 is 9.97 Å². The van der Waals surface area contributed by atoms with Gasteiger partial charge in [0.05, 0.1) is 0 Å². The summed E-state index contributed by atoms with van der Waals surface area (Å²) in [5, 5.41) is 1.39. The Morgan fingerprint density at radius 1 is 0.909 bits per heavy atom. The Morgan fingerprint density at radius 3 is 2.12 bits per heavy atom. The Bertz CT molecular complexity index is 898. The first-order valence-electron chi connectivity index (χ1n) is 13.1. The standard InChI is InChI=1S/C31H48NP/c1-9-13-28(14-10-2)15-11-12-16-29-22-31(18-17-27(29)7)33(8)32(23-24(3)4)30-20-25(5)19-26(6)21-30/h12,16-22,24,28,33H,8-11,13-15,23H2,1-7H3/b16-12-. The number of nitrogens with zero attached hydrogens (tertiary/aromatic N) is 1. The maximum absolute atomic E-state index is 4.73. The van der Waals surface area contributed by atoms with Crippen LogP contribution in [0.1, 0.15) is 88.5 Å². The van der Waals surface area contributed by atoms with Crippen LogP contribution in [0.4, 0.5) is 5.69 Å². The van der Waals surface area contributed by atoms with Crippen LogP contribution in [0.15, 0.2) is 42.5 Å². The normalized spacial score (nSPS) is 12.8. The molecule has 0 saturated heterocycles. The Labute approximate surface area is 205 Å². The van der Waals surface area contributed by atoms with Gasteiger partial charge in [-0.1, -0.05) is 90.0 Å². The van der Waals surface area contributed by atoms with Crippen LogP contribution in [0.2, 0.25) is 0 Å². The maximum atomic E-state index is 4.73. The van der Waals surface area contributed by atoms with Crippen molar-refractivity contribution in [3.8, 4) is 0 Å². The molecule has 0 aliphatic rings. The number of aryl methyl sites for hydroxylation is 3. The quantitative estimate of drug-likeness (QED) is 0.267. The summed E-state index contributed by atoms with van der Waals surface area (Å²) in [6.07, 6.45) is 17.3. The second-order valence-corrected chi connectivity index (χ2v) is 12.3. The monoisotopic (exact) mass is 465 g/mol. The topological polar surface area (TPSA) is 3.24 Å². The highest BCUT2D eigenvalue weighted by atomic mass is 31.1. The summed E-state index contributed by atoms with van der Waals surface area (Å²) in [5.74, 6) is 1.48. The Morgan fingerprint density at radius 2 is 1.55 bits per heavy atom. The molecule has 182 valence electrons. The highest BCUT2D eigenvalue weighted by Gasteiger charge is 2.14. The van der Waals surface area contributed by atoms with Gasteiger partial charge in [0, 0.05) is 12.2 Å². The minimum absolute atomic E-state index is 0.594. The van der Waals surface area contributed by atoms with Crippen LogP contribution in [0.3, 0.4) is 0 Å². The number of rotatable bonds is 13.